The number of hydrogen-bond acceptors (Lipinski definition) is 5. The molecule has 0 bridgehead atoms. The third-order valence-electron chi connectivity index (χ3n) is 8.37. The zero-order chi connectivity index (χ0) is 26.4. The van der Waals surface area contributed by atoms with Crippen molar-refractivity contribution in [3.05, 3.63) is 34.9 Å². The molecule has 2 aliphatic heterocycles. The van der Waals surface area contributed by atoms with Crippen molar-refractivity contribution in [3.8, 4) is 0 Å². The molecule has 3 amide bonds. The molecule has 204 valence electrons. The summed E-state index contributed by atoms with van der Waals surface area (Å²) in [6.07, 6.45) is 8.76. The van der Waals surface area contributed by atoms with Gasteiger partial charge in [0.1, 0.15) is 6.04 Å². The van der Waals surface area contributed by atoms with Crippen LogP contribution in [0.1, 0.15) is 70.8 Å². The largest absolute Gasteiger partial charge is 0.351 e. The molecule has 2 heterocycles. The maximum absolute atomic E-state index is 13.3. The number of benzene rings is 1. The highest BCUT2D eigenvalue weighted by atomic mass is 35.5. The Bertz CT molecular complexity index is 942. The molecule has 4 rings (SSSR count). The van der Waals surface area contributed by atoms with Gasteiger partial charge in [-0.15, -0.1) is 0 Å². The molecule has 1 aromatic rings. The number of nitrogens with zero attached hydrogens (tertiary/aromatic N) is 1. The molecule has 0 aromatic heterocycles. The van der Waals surface area contributed by atoms with Crippen LogP contribution in [0.25, 0.3) is 0 Å². The lowest BCUT2D eigenvalue weighted by Crippen LogP contribution is -2.55. The molecule has 1 aliphatic carbocycles. The Morgan fingerprint density at radius 2 is 1.78 bits per heavy atom. The second kappa shape index (κ2) is 12.6. The van der Waals surface area contributed by atoms with E-state index in [4.69, 9.17) is 11.6 Å². The van der Waals surface area contributed by atoms with Gasteiger partial charge in [0.15, 0.2) is 0 Å². The lowest BCUT2D eigenvalue weighted by Gasteiger charge is -2.36. The van der Waals surface area contributed by atoms with Crippen molar-refractivity contribution < 1.29 is 14.4 Å². The van der Waals surface area contributed by atoms with Gasteiger partial charge in [-0.05, 0) is 62.3 Å². The van der Waals surface area contributed by atoms with Crippen molar-refractivity contribution in [1.82, 2.24) is 26.4 Å². The first-order valence-electron chi connectivity index (χ1n) is 13.9. The molecule has 1 saturated carbocycles. The van der Waals surface area contributed by atoms with Gasteiger partial charge in [0, 0.05) is 36.0 Å². The number of nitrogens with one attached hydrogen (secondary N) is 4. The summed E-state index contributed by atoms with van der Waals surface area (Å²) >= 11 is 6.02. The van der Waals surface area contributed by atoms with Crippen molar-refractivity contribution in [2.24, 2.45) is 11.3 Å². The fourth-order valence-electron chi connectivity index (χ4n) is 5.84. The van der Waals surface area contributed by atoms with E-state index >= 15 is 0 Å². The quantitative estimate of drug-likeness (QED) is 0.392. The van der Waals surface area contributed by atoms with E-state index in [0.29, 0.717) is 30.5 Å². The number of hydrazine groups is 1. The number of halogens is 1. The standard InChI is InChI=1S/C28H42ClN5O3/c1-28(2,20-7-4-3-5-8-20)27(37)31-22-14-16-34(18-22)33-26(36)24(17-19-10-12-21(29)13-11-19)32-25(35)23-9-6-15-30-23/h10-13,20,22-24,30H,3-9,14-18H2,1-2H3,(H,31,37)(H,32,35)(H,33,36)/t22-,23+,24+/m0/s1. The summed E-state index contributed by atoms with van der Waals surface area (Å²) in [5.74, 6) is 0.124. The van der Waals surface area contributed by atoms with Gasteiger partial charge in [0.05, 0.1) is 6.04 Å². The van der Waals surface area contributed by atoms with Gasteiger partial charge in [-0.1, -0.05) is 56.8 Å². The van der Waals surface area contributed by atoms with Gasteiger partial charge in [-0.3, -0.25) is 19.8 Å². The zero-order valence-electron chi connectivity index (χ0n) is 22.2. The number of hydrogen-bond donors (Lipinski definition) is 4. The third-order valence-corrected chi connectivity index (χ3v) is 8.62. The van der Waals surface area contributed by atoms with E-state index in [1.54, 1.807) is 12.1 Å². The molecule has 3 fully saturated rings. The molecule has 3 atom stereocenters. The highest BCUT2D eigenvalue weighted by Crippen LogP contribution is 2.38. The highest BCUT2D eigenvalue weighted by molar-refractivity contribution is 6.30. The Morgan fingerprint density at radius 1 is 1.05 bits per heavy atom. The Kier molecular flexibility index (Phi) is 9.48. The van der Waals surface area contributed by atoms with Crippen LogP contribution in [-0.4, -0.2) is 60.5 Å². The molecule has 37 heavy (non-hydrogen) atoms. The van der Waals surface area contributed by atoms with Gasteiger partial charge in [0.2, 0.25) is 11.8 Å². The van der Waals surface area contributed by atoms with E-state index in [9.17, 15) is 14.4 Å². The summed E-state index contributed by atoms with van der Waals surface area (Å²) in [7, 11) is 0. The maximum Gasteiger partial charge on any atom is 0.257 e. The van der Waals surface area contributed by atoms with Crippen LogP contribution in [0, 0.1) is 11.3 Å². The van der Waals surface area contributed by atoms with Gasteiger partial charge in [-0.2, -0.15) is 0 Å². The van der Waals surface area contributed by atoms with Gasteiger partial charge in [0.25, 0.3) is 5.91 Å². The summed E-state index contributed by atoms with van der Waals surface area (Å²) in [6, 6.07) is 6.33. The van der Waals surface area contributed by atoms with E-state index < -0.39 is 6.04 Å². The summed E-state index contributed by atoms with van der Waals surface area (Å²) in [6.45, 7) is 6.13. The van der Waals surface area contributed by atoms with Crippen molar-refractivity contribution >= 4 is 29.3 Å². The molecule has 2 saturated heterocycles. The van der Waals surface area contributed by atoms with Crippen LogP contribution in [0.15, 0.2) is 24.3 Å². The second-order valence-electron chi connectivity index (χ2n) is 11.5. The van der Waals surface area contributed by atoms with Crippen molar-refractivity contribution in [2.75, 3.05) is 19.6 Å². The lowest BCUT2D eigenvalue weighted by molar-refractivity contribution is -0.133. The minimum absolute atomic E-state index is 0.0114. The van der Waals surface area contributed by atoms with Gasteiger partial charge in [-0.25, -0.2) is 5.01 Å². The van der Waals surface area contributed by atoms with Crippen LogP contribution in [0.5, 0.6) is 0 Å². The Labute approximate surface area is 225 Å². The monoisotopic (exact) mass is 531 g/mol. The van der Waals surface area contributed by atoms with Gasteiger partial charge < -0.3 is 16.0 Å². The first kappa shape index (κ1) is 27.9. The minimum Gasteiger partial charge on any atom is -0.351 e. The van der Waals surface area contributed by atoms with Crippen molar-refractivity contribution in [3.63, 3.8) is 0 Å². The molecule has 9 heteroatoms. The molecule has 1 aromatic carbocycles. The van der Waals surface area contributed by atoms with E-state index in [1.807, 2.05) is 17.1 Å². The van der Waals surface area contributed by atoms with E-state index in [0.717, 1.165) is 44.2 Å². The van der Waals surface area contributed by atoms with Crippen LogP contribution >= 0.6 is 11.6 Å². The summed E-state index contributed by atoms with van der Waals surface area (Å²) in [5.41, 5.74) is 3.52. The second-order valence-corrected chi connectivity index (χ2v) is 11.9. The first-order valence-corrected chi connectivity index (χ1v) is 14.2. The SMILES string of the molecule is CC(C)(C(=O)N[C@H]1CCN(NC(=O)[C@@H](Cc2ccc(Cl)cc2)NC(=O)[C@H]2CCCN2)C1)C1CCCCC1. The molecule has 8 nitrogen and oxygen atoms in total. The predicted octanol–water partition coefficient (Wildman–Crippen LogP) is 2.95. The topological polar surface area (TPSA) is 103 Å². The van der Waals surface area contributed by atoms with Crippen molar-refractivity contribution in [1.29, 1.82) is 0 Å². The summed E-state index contributed by atoms with van der Waals surface area (Å²) in [4.78, 5) is 39.3. The maximum atomic E-state index is 13.3. The lowest BCUT2D eigenvalue weighted by atomic mass is 9.70. The van der Waals surface area contributed by atoms with Gasteiger partial charge >= 0.3 is 0 Å². The van der Waals surface area contributed by atoms with E-state index in [2.05, 4.69) is 35.2 Å². The molecular weight excluding hydrogens is 490 g/mol. The van der Waals surface area contributed by atoms with Crippen LogP contribution in [0.4, 0.5) is 0 Å². The average Bonchev–Trinajstić information content (AvgIpc) is 3.58. The molecule has 0 spiro atoms. The smallest absolute Gasteiger partial charge is 0.257 e. The summed E-state index contributed by atoms with van der Waals surface area (Å²) < 4.78 is 0. The first-order chi connectivity index (χ1) is 17.7. The van der Waals surface area contributed by atoms with Crippen LogP contribution < -0.4 is 21.4 Å². The number of carbonyl (C=O) groups excluding carboxylic acids is 3. The summed E-state index contributed by atoms with van der Waals surface area (Å²) in [5, 5.41) is 11.9. The fraction of sp³-hybridized carbons (Fsp3) is 0.679. The van der Waals surface area contributed by atoms with Crippen LogP contribution in [0.3, 0.4) is 0 Å². The van der Waals surface area contributed by atoms with E-state index in [-0.39, 0.29) is 35.2 Å². The Morgan fingerprint density at radius 3 is 2.46 bits per heavy atom. The molecular formula is C28H42ClN5O3. The number of amides is 3. The van der Waals surface area contributed by atoms with E-state index in [1.165, 1.54) is 19.3 Å². The van der Waals surface area contributed by atoms with Crippen LogP contribution in [-0.2, 0) is 20.8 Å². The third kappa shape index (κ3) is 7.45. The average molecular weight is 532 g/mol. The normalized spacial score (nSPS) is 24.0. The molecule has 0 unspecified atom stereocenters. The molecule has 3 aliphatic rings. The predicted molar refractivity (Wildman–Crippen MR) is 145 cm³/mol. The Hall–Kier alpha value is -2.16. The number of rotatable bonds is 9. The number of carbonyl (C=O) groups is 3. The van der Waals surface area contributed by atoms with Crippen LogP contribution in [0.2, 0.25) is 5.02 Å². The zero-order valence-corrected chi connectivity index (χ0v) is 22.9. The highest BCUT2D eigenvalue weighted by Gasteiger charge is 2.39. The molecule has 4 N–H and O–H groups in total. The minimum atomic E-state index is -0.713. The Balaban J connectivity index is 1.33. The van der Waals surface area contributed by atoms with Crippen molar-refractivity contribution in [2.45, 2.75) is 89.8 Å². The molecule has 0 radical (unpaired) electrons. The fourth-order valence-corrected chi connectivity index (χ4v) is 5.97.